The summed E-state index contributed by atoms with van der Waals surface area (Å²) in [6.45, 7) is 3.41. The molecule has 0 spiro atoms. The van der Waals surface area contributed by atoms with Crippen molar-refractivity contribution in [1.82, 2.24) is 12.9 Å². The van der Waals surface area contributed by atoms with Crippen molar-refractivity contribution in [3.8, 4) is 0 Å². The van der Waals surface area contributed by atoms with Crippen molar-refractivity contribution in [1.29, 1.82) is 0 Å². The zero-order chi connectivity index (χ0) is 12.8. The van der Waals surface area contributed by atoms with Gasteiger partial charge in [-0.25, -0.2) is 3.11 Å². The summed E-state index contributed by atoms with van der Waals surface area (Å²) < 4.78 is 2.36. The Bertz CT molecular complexity index is 240. The van der Waals surface area contributed by atoms with Crippen LogP contribution in [0.2, 0.25) is 0 Å². The van der Waals surface area contributed by atoms with Crippen molar-refractivity contribution < 1.29 is 4.79 Å². The molecule has 0 radical (unpaired) electrons. The topological polar surface area (TPSA) is 26.8 Å². The number of carbonyl (C=O) groups is 1. The van der Waals surface area contributed by atoms with Gasteiger partial charge in [0, 0.05) is 62.5 Å². The number of piperidine rings is 1. The summed E-state index contributed by atoms with van der Waals surface area (Å²) in [4.78, 5) is 15.5. The van der Waals surface area contributed by atoms with Gasteiger partial charge in [0.2, 0.25) is 5.91 Å². The van der Waals surface area contributed by atoms with E-state index in [-0.39, 0.29) is 5.91 Å². The van der Waals surface area contributed by atoms with Crippen LogP contribution in [0.3, 0.4) is 0 Å². The van der Waals surface area contributed by atoms with Crippen molar-refractivity contribution >= 4 is 28.8 Å². The highest BCUT2D eigenvalue weighted by Gasteiger charge is 2.20. The average Bonchev–Trinajstić information content (AvgIpc) is 2.29. The van der Waals surface area contributed by atoms with Crippen LogP contribution in [-0.4, -0.2) is 65.6 Å². The summed E-state index contributed by atoms with van der Waals surface area (Å²) in [6.07, 6.45) is 4.14. The lowest BCUT2D eigenvalue weighted by Gasteiger charge is -2.34. The number of hydrogen-bond acceptors (Lipinski definition) is 3. The molecule has 1 fully saturated rings. The van der Waals surface area contributed by atoms with Gasteiger partial charge in [0.05, 0.1) is 0 Å². The van der Waals surface area contributed by atoms with Crippen LogP contribution in [0, 0.1) is 0 Å². The van der Waals surface area contributed by atoms with Crippen LogP contribution in [0.15, 0.2) is 0 Å². The third-order valence-corrected chi connectivity index (χ3v) is 4.40. The quantitative estimate of drug-likeness (QED) is 0.555. The average molecular weight is 353 g/mol. The summed E-state index contributed by atoms with van der Waals surface area (Å²) >= 11 is 2.40. The lowest BCUT2D eigenvalue weighted by atomic mass is 10.1. The van der Waals surface area contributed by atoms with E-state index in [9.17, 15) is 4.79 Å². The van der Waals surface area contributed by atoms with Gasteiger partial charge in [-0.2, -0.15) is 0 Å². The molecule has 5 heteroatoms. The van der Waals surface area contributed by atoms with Gasteiger partial charge in [-0.05, 0) is 32.9 Å². The van der Waals surface area contributed by atoms with Gasteiger partial charge in [0.15, 0.2) is 0 Å². The monoisotopic (exact) mass is 353 g/mol. The predicted octanol–water partition coefficient (Wildman–Crippen LogP) is 1.60. The number of carbonyl (C=O) groups excluding carboxylic acids is 1. The molecular formula is C12H24IN3O. The molecule has 1 heterocycles. The van der Waals surface area contributed by atoms with Crippen LogP contribution in [0.5, 0.6) is 0 Å². The first-order valence-corrected chi connectivity index (χ1v) is 7.28. The smallest absolute Gasteiger partial charge is 0.222 e. The molecule has 1 rings (SSSR count). The first-order chi connectivity index (χ1) is 8.00. The van der Waals surface area contributed by atoms with Crippen molar-refractivity contribution in [2.75, 3.05) is 40.8 Å². The third-order valence-electron chi connectivity index (χ3n) is 3.43. The fraction of sp³-hybridized carbons (Fsp3) is 0.917. The Morgan fingerprint density at radius 1 is 1.29 bits per heavy atom. The molecule has 0 aromatic rings. The summed E-state index contributed by atoms with van der Waals surface area (Å²) in [6, 6.07) is 0.704. The molecule has 0 aliphatic carbocycles. The predicted molar refractivity (Wildman–Crippen MR) is 79.2 cm³/mol. The molecule has 1 saturated heterocycles. The Hall–Kier alpha value is 0.120. The maximum absolute atomic E-state index is 11.4. The highest BCUT2D eigenvalue weighted by molar-refractivity contribution is 14.1. The van der Waals surface area contributed by atoms with Crippen molar-refractivity contribution in [3.63, 3.8) is 0 Å². The fourth-order valence-electron chi connectivity index (χ4n) is 2.16. The van der Waals surface area contributed by atoms with E-state index in [4.69, 9.17) is 0 Å². The van der Waals surface area contributed by atoms with Gasteiger partial charge < -0.3 is 9.80 Å². The van der Waals surface area contributed by atoms with Crippen LogP contribution in [0.1, 0.15) is 25.7 Å². The Kier molecular flexibility index (Phi) is 6.72. The highest BCUT2D eigenvalue weighted by Crippen LogP contribution is 2.18. The molecule has 0 unspecified atom stereocenters. The molecule has 1 aliphatic rings. The van der Waals surface area contributed by atoms with Crippen LogP contribution in [0.25, 0.3) is 0 Å². The lowest BCUT2D eigenvalue weighted by molar-refractivity contribution is -0.128. The number of amides is 1. The zero-order valence-corrected chi connectivity index (χ0v) is 13.3. The largest absolute Gasteiger partial charge is 0.349 e. The van der Waals surface area contributed by atoms with Gasteiger partial charge >= 0.3 is 0 Å². The summed E-state index contributed by atoms with van der Waals surface area (Å²) in [5.74, 6) is 0.237. The van der Waals surface area contributed by atoms with Crippen LogP contribution >= 0.6 is 22.9 Å². The first-order valence-electron chi connectivity index (χ1n) is 6.32. The summed E-state index contributed by atoms with van der Waals surface area (Å²) in [5.41, 5.74) is 0. The molecule has 1 amide bonds. The molecule has 0 bridgehead atoms. The maximum atomic E-state index is 11.4. The van der Waals surface area contributed by atoms with E-state index < -0.39 is 0 Å². The molecule has 100 valence electrons. The normalized spacial score (nSPS) is 18.6. The number of hydrogen-bond donors (Lipinski definition) is 0. The lowest BCUT2D eigenvalue weighted by Crippen LogP contribution is -2.40. The van der Waals surface area contributed by atoms with Gasteiger partial charge in [0.1, 0.15) is 0 Å². The first kappa shape index (κ1) is 15.2. The van der Waals surface area contributed by atoms with Crippen LogP contribution in [-0.2, 0) is 4.79 Å². The van der Waals surface area contributed by atoms with Gasteiger partial charge in [-0.15, -0.1) is 0 Å². The minimum absolute atomic E-state index is 0.237. The Morgan fingerprint density at radius 2 is 1.88 bits per heavy atom. The van der Waals surface area contributed by atoms with Crippen molar-refractivity contribution in [2.24, 2.45) is 0 Å². The molecule has 17 heavy (non-hydrogen) atoms. The number of nitrogens with zero attached hydrogens (tertiary/aromatic N) is 3. The van der Waals surface area contributed by atoms with E-state index in [0.29, 0.717) is 12.5 Å². The third kappa shape index (κ3) is 5.52. The van der Waals surface area contributed by atoms with Crippen molar-refractivity contribution in [2.45, 2.75) is 31.7 Å². The highest BCUT2D eigenvalue weighted by atomic mass is 127. The molecule has 4 nitrogen and oxygen atoms in total. The summed E-state index contributed by atoms with van der Waals surface area (Å²) in [5, 5.41) is 0. The fourth-order valence-corrected chi connectivity index (χ4v) is 2.72. The number of halogens is 1. The zero-order valence-electron chi connectivity index (χ0n) is 11.2. The van der Waals surface area contributed by atoms with Crippen molar-refractivity contribution in [3.05, 3.63) is 0 Å². The second-order valence-corrected chi connectivity index (χ2v) is 6.38. The number of rotatable bonds is 5. The standard InChI is InChI=1S/C12H24IN3O/c1-14(2)12(17)5-4-8-15(3)11-6-9-16(13)10-7-11/h11H,4-10H2,1-3H3. The van der Waals surface area contributed by atoms with Crippen LogP contribution < -0.4 is 0 Å². The molecule has 0 aromatic heterocycles. The van der Waals surface area contributed by atoms with E-state index in [1.807, 2.05) is 14.1 Å². The minimum atomic E-state index is 0.237. The van der Waals surface area contributed by atoms with Gasteiger partial charge in [-0.3, -0.25) is 4.79 Å². The van der Waals surface area contributed by atoms with Gasteiger partial charge in [0.25, 0.3) is 0 Å². The van der Waals surface area contributed by atoms with Crippen LogP contribution in [0.4, 0.5) is 0 Å². The molecule has 0 saturated carbocycles. The SMILES string of the molecule is CN(C)C(=O)CCCN(C)C1CCN(I)CC1. The Morgan fingerprint density at radius 3 is 2.41 bits per heavy atom. The Labute approximate surface area is 119 Å². The second-order valence-electron chi connectivity index (χ2n) is 5.01. The van der Waals surface area contributed by atoms with Gasteiger partial charge in [-0.1, -0.05) is 0 Å². The maximum Gasteiger partial charge on any atom is 0.222 e. The Balaban J connectivity index is 2.16. The van der Waals surface area contributed by atoms with E-state index in [2.05, 4.69) is 37.9 Å². The second kappa shape index (κ2) is 7.53. The van der Waals surface area contributed by atoms with E-state index in [1.165, 1.54) is 25.9 Å². The molecule has 0 aromatic carbocycles. The van der Waals surface area contributed by atoms with E-state index in [1.54, 1.807) is 4.90 Å². The summed E-state index contributed by atoms with van der Waals surface area (Å²) in [7, 11) is 5.83. The molecule has 0 N–H and O–H groups in total. The minimum Gasteiger partial charge on any atom is -0.349 e. The van der Waals surface area contributed by atoms with E-state index >= 15 is 0 Å². The molecule has 0 atom stereocenters. The van der Waals surface area contributed by atoms with E-state index in [0.717, 1.165) is 13.0 Å². The molecular weight excluding hydrogens is 329 g/mol. The molecule has 1 aliphatic heterocycles.